The van der Waals surface area contributed by atoms with Crippen molar-refractivity contribution in [3.05, 3.63) is 27.3 Å². The zero-order chi connectivity index (χ0) is 15.2. The van der Waals surface area contributed by atoms with Gasteiger partial charge in [-0.15, -0.1) is 11.3 Å². The number of thiophene rings is 1. The molecule has 1 amide bonds. The van der Waals surface area contributed by atoms with Gasteiger partial charge in [-0.2, -0.15) is 0 Å². The first-order valence-electron chi connectivity index (χ1n) is 6.89. The Hall–Kier alpha value is -1.60. The summed E-state index contributed by atoms with van der Waals surface area (Å²) in [6.07, 6.45) is 1.86. The van der Waals surface area contributed by atoms with Crippen molar-refractivity contribution in [2.45, 2.75) is 19.8 Å². The molecule has 0 aromatic carbocycles. The number of nitrogens with one attached hydrogen (secondary N) is 1. The Labute approximate surface area is 132 Å². The number of nitrogens with two attached hydrogens (primary N) is 1. The van der Waals surface area contributed by atoms with Gasteiger partial charge in [0.15, 0.2) is 5.13 Å². The Kier molecular flexibility index (Phi) is 5.58. The van der Waals surface area contributed by atoms with Gasteiger partial charge < -0.3 is 16.0 Å². The molecular formula is C14H20N4OS2. The summed E-state index contributed by atoms with van der Waals surface area (Å²) in [7, 11) is 1.80. The molecule has 2 aromatic rings. The molecule has 7 heteroatoms. The Morgan fingerprint density at radius 1 is 1.52 bits per heavy atom. The van der Waals surface area contributed by atoms with E-state index in [0.717, 1.165) is 19.4 Å². The SMILES string of the molecule is CCCNc1nc(N)c(C(=O)N(C)CCc2cccs2)s1. The molecule has 0 bridgehead atoms. The normalized spacial score (nSPS) is 10.6. The minimum atomic E-state index is -0.0638. The van der Waals surface area contributed by atoms with E-state index in [1.54, 1.807) is 23.3 Å². The van der Waals surface area contributed by atoms with Crippen LogP contribution in [0.1, 0.15) is 27.9 Å². The zero-order valence-electron chi connectivity index (χ0n) is 12.3. The lowest BCUT2D eigenvalue weighted by atomic mass is 10.3. The van der Waals surface area contributed by atoms with Gasteiger partial charge >= 0.3 is 0 Å². The number of nitrogen functional groups attached to an aromatic ring is 1. The van der Waals surface area contributed by atoms with Crippen LogP contribution in [0.25, 0.3) is 0 Å². The number of carbonyl (C=O) groups excluding carboxylic acids is 1. The molecule has 0 fully saturated rings. The fraction of sp³-hybridized carbons (Fsp3) is 0.429. The maximum absolute atomic E-state index is 12.4. The van der Waals surface area contributed by atoms with Crippen molar-refractivity contribution in [2.75, 3.05) is 31.2 Å². The van der Waals surface area contributed by atoms with Crippen LogP contribution in [0, 0.1) is 0 Å². The molecule has 0 aliphatic rings. The molecule has 0 saturated carbocycles. The third-order valence-electron chi connectivity index (χ3n) is 2.99. The fourth-order valence-electron chi connectivity index (χ4n) is 1.80. The summed E-state index contributed by atoms with van der Waals surface area (Å²) in [6, 6.07) is 4.10. The lowest BCUT2D eigenvalue weighted by Crippen LogP contribution is -2.28. The largest absolute Gasteiger partial charge is 0.382 e. The number of amides is 1. The zero-order valence-corrected chi connectivity index (χ0v) is 13.9. The van der Waals surface area contributed by atoms with Crippen LogP contribution >= 0.6 is 22.7 Å². The topological polar surface area (TPSA) is 71.2 Å². The van der Waals surface area contributed by atoms with E-state index in [-0.39, 0.29) is 5.91 Å². The summed E-state index contributed by atoms with van der Waals surface area (Å²) in [6.45, 7) is 3.58. The number of hydrogen-bond donors (Lipinski definition) is 2. The Morgan fingerprint density at radius 3 is 3.00 bits per heavy atom. The minimum absolute atomic E-state index is 0.0638. The molecule has 0 radical (unpaired) electrons. The van der Waals surface area contributed by atoms with E-state index in [1.165, 1.54) is 16.2 Å². The number of carbonyl (C=O) groups is 1. The summed E-state index contributed by atoms with van der Waals surface area (Å²) in [5, 5.41) is 5.92. The second-order valence-electron chi connectivity index (χ2n) is 4.72. The summed E-state index contributed by atoms with van der Waals surface area (Å²) < 4.78 is 0. The molecule has 0 aliphatic carbocycles. The second-order valence-corrected chi connectivity index (χ2v) is 6.75. The van der Waals surface area contributed by atoms with Crippen molar-refractivity contribution in [1.29, 1.82) is 0 Å². The average molecular weight is 324 g/mol. The quantitative estimate of drug-likeness (QED) is 0.821. The maximum Gasteiger partial charge on any atom is 0.267 e. The molecule has 2 aromatic heterocycles. The van der Waals surface area contributed by atoms with E-state index < -0.39 is 0 Å². The van der Waals surface area contributed by atoms with E-state index in [4.69, 9.17) is 5.73 Å². The number of nitrogens with zero attached hydrogens (tertiary/aromatic N) is 2. The molecule has 2 rings (SSSR count). The van der Waals surface area contributed by atoms with Crippen molar-refractivity contribution < 1.29 is 4.79 Å². The first-order chi connectivity index (χ1) is 10.1. The first kappa shape index (κ1) is 15.8. The number of anilines is 2. The number of aromatic nitrogens is 1. The monoisotopic (exact) mass is 324 g/mol. The van der Waals surface area contributed by atoms with Gasteiger partial charge in [-0.3, -0.25) is 4.79 Å². The highest BCUT2D eigenvalue weighted by Crippen LogP contribution is 2.26. The Morgan fingerprint density at radius 2 is 2.33 bits per heavy atom. The van der Waals surface area contributed by atoms with Gasteiger partial charge in [0.2, 0.25) is 0 Å². The highest BCUT2D eigenvalue weighted by molar-refractivity contribution is 7.18. The lowest BCUT2D eigenvalue weighted by Gasteiger charge is -2.15. The van der Waals surface area contributed by atoms with Crippen LogP contribution in [0.2, 0.25) is 0 Å². The number of rotatable bonds is 7. The van der Waals surface area contributed by atoms with Gasteiger partial charge in [-0.1, -0.05) is 24.3 Å². The minimum Gasteiger partial charge on any atom is -0.382 e. The van der Waals surface area contributed by atoms with Crippen LogP contribution in [0.5, 0.6) is 0 Å². The van der Waals surface area contributed by atoms with Crippen LogP contribution < -0.4 is 11.1 Å². The van der Waals surface area contributed by atoms with Crippen molar-refractivity contribution in [3.8, 4) is 0 Å². The summed E-state index contributed by atoms with van der Waals surface area (Å²) in [4.78, 5) is 20.1. The Bertz CT molecular complexity index is 580. The Balaban J connectivity index is 1.96. The van der Waals surface area contributed by atoms with Gasteiger partial charge in [0.1, 0.15) is 10.7 Å². The summed E-state index contributed by atoms with van der Waals surface area (Å²) >= 11 is 3.03. The van der Waals surface area contributed by atoms with Crippen molar-refractivity contribution in [2.24, 2.45) is 0 Å². The molecule has 3 N–H and O–H groups in total. The lowest BCUT2D eigenvalue weighted by molar-refractivity contribution is 0.0802. The predicted octanol–water partition coefficient (Wildman–Crippen LogP) is 2.92. The molecule has 0 atom stereocenters. The highest BCUT2D eigenvalue weighted by Gasteiger charge is 2.19. The predicted molar refractivity (Wildman–Crippen MR) is 90.3 cm³/mol. The molecular weight excluding hydrogens is 304 g/mol. The van der Waals surface area contributed by atoms with Crippen LogP contribution in [0.3, 0.4) is 0 Å². The van der Waals surface area contributed by atoms with Crippen molar-refractivity contribution >= 4 is 39.5 Å². The van der Waals surface area contributed by atoms with Crippen LogP contribution in [-0.4, -0.2) is 35.9 Å². The van der Waals surface area contributed by atoms with E-state index in [9.17, 15) is 4.79 Å². The first-order valence-corrected chi connectivity index (χ1v) is 8.59. The van der Waals surface area contributed by atoms with E-state index >= 15 is 0 Å². The standard InChI is InChI=1S/C14H20N4OS2/c1-3-7-16-14-17-12(15)11(21-14)13(19)18(2)8-6-10-5-4-9-20-10/h4-5,9H,3,6-8,15H2,1-2H3,(H,16,17). The van der Waals surface area contributed by atoms with Crippen molar-refractivity contribution in [1.82, 2.24) is 9.88 Å². The third kappa shape index (κ3) is 4.18. The highest BCUT2D eigenvalue weighted by atomic mass is 32.1. The second kappa shape index (κ2) is 7.42. The fourth-order valence-corrected chi connectivity index (χ4v) is 3.40. The molecule has 0 aliphatic heterocycles. The van der Waals surface area contributed by atoms with Gasteiger partial charge in [0.25, 0.3) is 5.91 Å². The average Bonchev–Trinajstić information content (AvgIpc) is 3.11. The molecule has 114 valence electrons. The van der Waals surface area contributed by atoms with E-state index in [2.05, 4.69) is 23.3 Å². The summed E-state index contributed by atoms with van der Waals surface area (Å²) in [5.74, 6) is 0.248. The third-order valence-corrected chi connectivity index (χ3v) is 4.95. The summed E-state index contributed by atoms with van der Waals surface area (Å²) in [5.41, 5.74) is 5.86. The number of thiazole rings is 1. The van der Waals surface area contributed by atoms with Gasteiger partial charge in [-0.05, 0) is 24.3 Å². The van der Waals surface area contributed by atoms with Gasteiger partial charge in [0.05, 0.1) is 0 Å². The number of likely N-dealkylation sites (N-methyl/N-ethyl adjacent to an activating group) is 1. The van der Waals surface area contributed by atoms with Crippen molar-refractivity contribution in [3.63, 3.8) is 0 Å². The van der Waals surface area contributed by atoms with E-state index in [1.807, 2.05) is 11.4 Å². The molecule has 0 saturated heterocycles. The molecule has 5 nitrogen and oxygen atoms in total. The molecule has 21 heavy (non-hydrogen) atoms. The van der Waals surface area contributed by atoms with Crippen LogP contribution in [0.4, 0.5) is 10.9 Å². The maximum atomic E-state index is 12.4. The van der Waals surface area contributed by atoms with E-state index in [0.29, 0.717) is 22.4 Å². The molecule has 2 heterocycles. The van der Waals surface area contributed by atoms with Gasteiger partial charge in [0, 0.05) is 25.0 Å². The molecule has 0 spiro atoms. The van der Waals surface area contributed by atoms with Crippen LogP contribution in [0.15, 0.2) is 17.5 Å². The van der Waals surface area contributed by atoms with Crippen LogP contribution in [-0.2, 0) is 6.42 Å². The smallest absolute Gasteiger partial charge is 0.267 e. The van der Waals surface area contributed by atoms with Gasteiger partial charge in [-0.25, -0.2) is 4.98 Å². The number of hydrogen-bond acceptors (Lipinski definition) is 6. The molecule has 0 unspecified atom stereocenters.